The van der Waals surface area contributed by atoms with Gasteiger partial charge in [-0.3, -0.25) is 0 Å². The smallest absolute Gasteiger partial charge is 0.158 e. The Kier molecular flexibility index (Phi) is 4.67. The number of aliphatic hydroxyl groups is 2. The van der Waals surface area contributed by atoms with Gasteiger partial charge in [-0.2, -0.15) is 0 Å². The summed E-state index contributed by atoms with van der Waals surface area (Å²) < 4.78 is 0. The van der Waals surface area contributed by atoms with E-state index in [1.165, 1.54) is 0 Å². The molecule has 0 amide bonds. The lowest BCUT2D eigenvalue weighted by atomic mass is 10.1. The fourth-order valence-electron chi connectivity index (χ4n) is 0.516. The molecule has 2 nitrogen and oxygen atoms in total. The van der Waals surface area contributed by atoms with Gasteiger partial charge in [-0.1, -0.05) is 12.2 Å². The predicted octanol–water partition coefficient (Wildman–Crippen LogP) is 1.58. The Morgan fingerprint density at radius 2 is 2.30 bits per heavy atom. The number of rotatable bonds is 3. The molecule has 0 heterocycles. The van der Waals surface area contributed by atoms with Crippen molar-refractivity contribution < 1.29 is 10.2 Å². The maximum atomic E-state index is 9.14. The molecule has 0 saturated heterocycles. The van der Waals surface area contributed by atoms with Crippen LogP contribution >= 0.6 is 0 Å². The van der Waals surface area contributed by atoms with Crippen LogP contribution < -0.4 is 0 Å². The highest BCUT2D eigenvalue weighted by Gasteiger charge is 2.02. The summed E-state index contributed by atoms with van der Waals surface area (Å²) in [4.78, 5) is 0. The second-order valence-corrected chi connectivity index (χ2v) is 2.12. The zero-order chi connectivity index (χ0) is 7.98. The summed E-state index contributed by atoms with van der Waals surface area (Å²) in [5.41, 5.74) is 0.470. The molecule has 10 heavy (non-hydrogen) atoms. The van der Waals surface area contributed by atoms with Crippen LogP contribution in [0.15, 0.2) is 17.7 Å². The summed E-state index contributed by atoms with van der Waals surface area (Å²) in [5.74, 6) is 0. The van der Waals surface area contributed by atoms with Crippen molar-refractivity contribution in [3.63, 3.8) is 0 Å². The first-order valence-electron chi connectivity index (χ1n) is 3.25. The topological polar surface area (TPSA) is 40.5 Å². The van der Waals surface area contributed by atoms with Gasteiger partial charge < -0.3 is 10.2 Å². The van der Waals surface area contributed by atoms with E-state index in [0.29, 0.717) is 12.0 Å². The molecule has 0 aromatic rings. The number of allylic oxidation sites excluding steroid dienone is 1. The van der Waals surface area contributed by atoms with E-state index in [0.717, 1.165) is 0 Å². The van der Waals surface area contributed by atoms with Crippen LogP contribution in [0.5, 0.6) is 0 Å². The minimum atomic E-state index is -0.596. The lowest BCUT2D eigenvalue weighted by Crippen LogP contribution is -2.06. The van der Waals surface area contributed by atoms with E-state index >= 15 is 0 Å². The normalized spacial score (nSPS) is 16.1. The molecular formula is C8H13O2. The molecular weight excluding hydrogens is 128 g/mol. The van der Waals surface area contributed by atoms with Crippen LogP contribution in [0.1, 0.15) is 20.3 Å². The van der Waals surface area contributed by atoms with Gasteiger partial charge in [-0.25, -0.2) is 0 Å². The highest BCUT2D eigenvalue weighted by molar-refractivity contribution is 4.99. The Hall–Kier alpha value is -0.760. The summed E-state index contributed by atoms with van der Waals surface area (Å²) in [5, 5.41) is 17.5. The molecule has 1 unspecified atom stereocenters. The average Bonchev–Trinajstić information content (AvgIpc) is 1.98. The summed E-state index contributed by atoms with van der Waals surface area (Å²) in [7, 11) is 0. The fraction of sp³-hybridized carbons (Fsp3) is 0.500. The molecule has 0 saturated carbocycles. The largest absolute Gasteiger partial charge is 0.504 e. The van der Waals surface area contributed by atoms with Crippen molar-refractivity contribution in [2.45, 2.75) is 26.4 Å². The van der Waals surface area contributed by atoms with Crippen molar-refractivity contribution in [3.05, 3.63) is 24.0 Å². The molecule has 0 aromatic heterocycles. The van der Waals surface area contributed by atoms with Gasteiger partial charge in [0.25, 0.3) is 0 Å². The van der Waals surface area contributed by atoms with Crippen LogP contribution in [0, 0.1) is 6.26 Å². The molecule has 1 radical (unpaired) electrons. The highest BCUT2D eigenvalue weighted by atomic mass is 16.3. The summed E-state index contributed by atoms with van der Waals surface area (Å²) in [6.45, 7) is 3.52. The summed E-state index contributed by atoms with van der Waals surface area (Å²) >= 11 is 0. The fourth-order valence-corrected chi connectivity index (χ4v) is 0.516. The number of hydrogen-bond donors (Lipinski definition) is 2. The SMILES string of the molecule is CC=CCC(O)/C(C)=[C]/O. The molecule has 1 atom stereocenters. The molecule has 2 heteroatoms. The van der Waals surface area contributed by atoms with Crippen molar-refractivity contribution in [2.75, 3.05) is 0 Å². The van der Waals surface area contributed by atoms with Gasteiger partial charge in [0.15, 0.2) is 6.26 Å². The number of hydrogen-bond acceptors (Lipinski definition) is 2. The molecule has 0 spiro atoms. The third-order valence-corrected chi connectivity index (χ3v) is 1.27. The van der Waals surface area contributed by atoms with Crippen LogP contribution in [0.25, 0.3) is 0 Å². The lowest BCUT2D eigenvalue weighted by molar-refractivity contribution is 0.208. The van der Waals surface area contributed by atoms with E-state index in [9.17, 15) is 0 Å². The summed E-state index contributed by atoms with van der Waals surface area (Å²) in [6.07, 6.45) is 5.54. The van der Waals surface area contributed by atoms with Crippen LogP contribution in [-0.2, 0) is 0 Å². The quantitative estimate of drug-likeness (QED) is 0.462. The molecule has 0 bridgehead atoms. The maximum absolute atomic E-state index is 9.14. The van der Waals surface area contributed by atoms with Crippen molar-refractivity contribution in [3.8, 4) is 0 Å². The minimum absolute atomic E-state index is 0.470. The standard InChI is InChI=1S/C8H13O2/c1-3-4-5-8(10)7(2)6-9/h3-4,8-10H,5H2,1-2H3. The van der Waals surface area contributed by atoms with Crippen LogP contribution in [0.2, 0.25) is 0 Å². The number of aliphatic hydroxyl groups excluding tert-OH is 2. The first-order chi connectivity index (χ1) is 4.72. The Balaban J connectivity index is 3.73. The first kappa shape index (κ1) is 9.24. The van der Waals surface area contributed by atoms with E-state index in [2.05, 4.69) is 0 Å². The average molecular weight is 141 g/mol. The van der Waals surface area contributed by atoms with Crippen LogP contribution in [0.3, 0.4) is 0 Å². The molecule has 2 N–H and O–H groups in total. The van der Waals surface area contributed by atoms with Gasteiger partial charge in [-0.05, 0) is 20.3 Å². The minimum Gasteiger partial charge on any atom is -0.504 e. The highest BCUT2D eigenvalue weighted by Crippen LogP contribution is 2.03. The Morgan fingerprint density at radius 3 is 2.70 bits per heavy atom. The predicted molar refractivity (Wildman–Crippen MR) is 40.5 cm³/mol. The molecule has 0 aliphatic rings. The zero-order valence-electron chi connectivity index (χ0n) is 6.33. The van der Waals surface area contributed by atoms with E-state index in [1.54, 1.807) is 6.92 Å². The summed E-state index contributed by atoms with van der Waals surface area (Å²) in [6, 6.07) is 0. The van der Waals surface area contributed by atoms with Crippen molar-refractivity contribution in [1.29, 1.82) is 0 Å². The second kappa shape index (κ2) is 5.06. The van der Waals surface area contributed by atoms with Crippen molar-refractivity contribution in [1.82, 2.24) is 0 Å². The maximum Gasteiger partial charge on any atom is 0.158 e. The van der Waals surface area contributed by atoms with Gasteiger partial charge >= 0.3 is 0 Å². The molecule has 0 aromatic carbocycles. The van der Waals surface area contributed by atoms with Crippen LogP contribution in [-0.4, -0.2) is 16.3 Å². The molecule has 0 fully saturated rings. The van der Waals surface area contributed by atoms with E-state index in [4.69, 9.17) is 10.2 Å². The van der Waals surface area contributed by atoms with Gasteiger partial charge in [0.1, 0.15) is 0 Å². The molecule has 0 rings (SSSR count). The first-order valence-corrected chi connectivity index (χ1v) is 3.25. The van der Waals surface area contributed by atoms with E-state index in [1.807, 2.05) is 25.3 Å². The van der Waals surface area contributed by atoms with Gasteiger partial charge in [-0.15, -0.1) is 0 Å². The van der Waals surface area contributed by atoms with E-state index < -0.39 is 6.10 Å². The van der Waals surface area contributed by atoms with E-state index in [-0.39, 0.29) is 0 Å². The Labute approximate surface area is 61.5 Å². The van der Waals surface area contributed by atoms with Gasteiger partial charge in [0.2, 0.25) is 0 Å². The third-order valence-electron chi connectivity index (χ3n) is 1.27. The Bertz CT molecular complexity index is 136. The van der Waals surface area contributed by atoms with Gasteiger partial charge in [0.05, 0.1) is 6.10 Å². The van der Waals surface area contributed by atoms with Crippen molar-refractivity contribution >= 4 is 0 Å². The molecule has 0 aliphatic carbocycles. The molecule has 57 valence electrons. The van der Waals surface area contributed by atoms with Crippen molar-refractivity contribution in [2.24, 2.45) is 0 Å². The van der Waals surface area contributed by atoms with Crippen LogP contribution in [0.4, 0.5) is 0 Å². The van der Waals surface area contributed by atoms with Gasteiger partial charge in [0, 0.05) is 5.57 Å². The zero-order valence-corrected chi connectivity index (χ0v) is 6.33. The second-order valence-electron chi connectivity index (χ2n) is 2.12. The third kappa shape index (κ3) is 3.30. The molecule has 0 aliphatic heterocycles. The monoisotopic (exact) mass is 141 g/mol. The Morgan fingerprint density at radius 1 is 1.70 bits per heavy atom. The lowest BCUT2D eigenvalue weighted by Gasteiger charge is -2.04.